The summed E-state index contributed by atoms with van der Waals surface area (Å²) in [5.74, 6) is 0. The standard InChI is InChI=1S/C19H19Cl2N5S/c1-10-4-3-5-11(2)15(10)26-16-17(22)25(9-24-18(16)27-19(26)23)12-6-7-13(20)14(21)8-12/h3-9,17,19H,22-23H2,1-2H3. The SMILES string of the molecule is Cc1cccc(C)c1N1C2=C(N=CN(c3ccc(Cl)c(Cl)c3)C2N)SC1N. The van der Waals surface area contributed by atoms with E-state index in [0.29, 0.717) is 10.0 Å². The molecule has 5 nitrogen and oxygen atoms in total. The zero-order valence-corrected chi connectivity index (χ0v) is 17.2. The van der Waals surface area contributed by atoms with Gasteiger partial charge in [-0.05, 0) is 43.2 Å². The highest BCUT2D eigenvalue weighted by molar-refractivity contribution is 8.04. The monoisotopic (exact) mass is 419 g/mol. The molecule has 2 aliphatic rings. The van der Waals surface area contributed by atoms with Crippen molar-refractivity contribution >= 4 is 52.7 Å². The van der Waals surface area contributed by atoms with Crippen LogP contribution in [-0.4, -0.2) is 18.0 Å². The van der Waals surface area contributed by atoms with Crippen molar-refractivity contribution in [1.29, 1.82) is 0 Å². The molecule has 0 aliphatic carbocycles. The summed E-state index contributed by atoms with van der Waals surface area (Å²) in [5.41, 5.74) is 17.9. The number of anilines is 2. The first kappa shape index (κ1) is 18.7. The first-order valence-corrected chi connectivity index (χ1v) is 10.1. The van der Waals surface area contributed by atoms with Gasteiger partial charge in [0.1, 0.15) is 16.7 Å². The molecule has 140 valence electrons. The van der Waals surface area contributed by atoms with E-state index < -0.39 is 6.17 Å². The number of rotatable bonds is 2. The van der Waals surface area contributed by atoms with Crippen molar-refractivity contribution in [3.05, 3.63) is 68.3 Å². The molecule has 2 aliphatic heterocycles. The van der Waals surface area contributed by atoms with Crippen molar-refractivity contribution in [2.45, 2.75) is 25.5 Å². The van der Waals surface area contributed by atoms with Crippen molar-refractivity contribution in [3.63, 3.8) is 0 Å². The number of benzene rings is 2. The van der Waals surface area contributed by atoms with Crippen LogP contribution in [-0.2, 0) is 0 Å². The van der Waals surface area contributed by atoms with Gasteiger partial charge < -0.3 is 21.3 Å². The Bertz CT molecular complexity index is 954. The Balaban J connectivity index is 1.77. The van der Waals surface area contributed by atoms with Crippen molar-refractivity contribution < 1.29 is 0 Å². The van der Waals surface area contributed by atoms with E-state index in [2.05, 4.69) is 35.9 Å². The quantitative estimate of drug-likeness (QED) is 0.753. The minimum atomic E-state index is -0.449. The van der Waals surface area contributed by atoms with Gasteiger partial charge in [0.05, 0.1) is 22.1 Å². The van der Waals surface area contributed by atoms with Gasteiger partial charge in [-0.1, -0.05) is 53.2 Å². The van der Waals surface area contributed by atoms with E-state index in [9.17, 15) is 0 Å². The number of nitrogens with zero attached hydrogens (tertiary/aromatic N) is 3. The third-order valence-corrected chi connectivity index (χ3v) is 6.46. The smallest absolute Gasteiger partial charge is 0.136 e. The van der Waals surface area contributed by atoms with E-state index >= 15 is 0 Å². The van der Waals surface area contributed by atoms with E-state index in [1.54, 1.807) is 18.5 Å². The lowest BCUT2D eigenvalue weighted by atomic mass is 10.1. The Labute approximate surface area is 172 Å². The predicted octanol–water partition coefficient (Wildman–Crippen LogP) is 4.41. The van der Waals surface area contributed by atoms with Gasteiger partial charge in [-0.25, -0.2) is 4.99 Å². The summed E-state index contributed by atoms with van der Waals surface area (Å²) in [4.78, 5) is 8.57. The highest BCUT2D eigenvalue weighted by Crippen LogP contribution is 2.45. The summed E-state index contributed by atoms with van der Waals surface area (Å²) >= 11 is 13.7. The van der Waals surface area contributed by atoms with E-state index in [1.807, 2.05) is 17.0 Å². The molecule has 2 unspecified atom stereocenters. The molecule has 0 bridgehead atoms. The summed E-state index contributed by atoms with van der Waals surface area (Å²) in [7, 11) is 0. The van der Waals surface area contributed by atoms with Gasteiger partial charge >= 0.3 is 0 Å². The van der Waals surface area contributed by atoms with Crippen LogP contribution < -0.4 is 21.3 Å². The Kier molecular flexibility index (Phi) is 4.86. The average molecular weight is 420 g/mol. The zero-order chi connectivity index (χ0) is 19.3. The minimum absolute atomic E-state index is 0.285. The van der Waals surface area contributed by atoms with Gasteiger partial charge in [0.15, 0.2) is 0 Å². The third-order valence-electron chi connectivity index (χ3n) is 4.73. The van der Waals surface area contributed by atoms with Crippen molar-refractivity contribution in [2.24, 2.45) is 16.5 Å². The number of halogens is 2. The Morgan fingerprint density at radius 2 is 1.74 bits per heavy atom. The molecule has 2 atom stereocenters. The molecule has 0 radical (unpaired) electrons. The fourth-order valence-electron chi connectivity index (χ4n) is 3.46. The summed E-state index contributed by atoms with van der Waals surface area (Å²) < 4.78 is 0. The van der Waals surface area contributed by atoms with E-state index in [1.165, 1.54) is 11.8 Å². The molecule has 0 saturated heterocycles. The fraction of sp³-hybridized carbons (Fsp3) is 0.211. The molecule has 0 fully saturated rings. The molecule has 2 aromatic carbocycles. The largest absolute Gasteiger partial charge is 0.314 e. The number of aryl methyl sites for hydroxylation is 2. The molecule has 2 heterocycles. The molecule has 8 heteroatoms. The lowest BCUT2D eigenvalue weighted by Crippen LogP contribution is -2.50. The highest BCUT2D eigenvalue weighted by atomic mass is 35.5. The number of hydrogen-bond donors (Lipinski definition) is 2. The van der Waals surface area contributed by atoms with Gasteiger partial charge in [0.2, 0.25) is 0 Å². The van der Waals surface area contributed by atoms with Crippen molar-refractivity contribution in [1.82, 2.24) is 0 Å². The van der Waals surface area contributed by atoms with Crippen molar-refractivity contribution in [2.75, 3.05) is 9.80 Å². The summed E-state index contributed by atoms with van der Waals surface area (Å²) in [6, 6.07) is 11.6. The van der Waals surface area contributed by atoms with E-state index in [4.69, 9.17) is 34.7 Å². The van der Waals surface area contributed by atoms with Crippen LogP contribution in [0.4, 0.5) is 11.4 Å². The van der Waals surface area contributed by atoms with Crippen LogP contribution in [0, 0.1) is 13.8 Å². The zero-order valence-electron chi connectivity index (χ0n) is 14.9. The lowest BCUT2D eigenvalue weighted by Gasteiger charge is -2.36. The maximum atomic E-state index is 6.66. The summed E-state index contributed by atoms with van der Waals surface area (Å²) in [6.07, 6.45) is 1.27. The normalized spacial score (nSPS) is 21.9. The van der Waals surface area contributed by atoms with E-state index in [0.717, 1.165) is 33.2 Å². The van der Waals surface area contributed by atoms with Crippen LogP contribution in [0.2, 0.25) is 10.0 Å². The number of nitrogens with two attached hydrogens (primary N) is 2. The summed E-state index contributed by atoms with van der Waals surface area (Å²) in [6.45, 7) is 4.15. The first-order valence-electron chi connectivity index (χ1n) is 8.43. The molecule has 0 amide bonds. The lowest BCUT2D eigenvalue weighted by molar-refractivity contribution is 0.721. The Hall–Kier alpha value is -1.70. The van der Waals surface area contributed by atoms with E-state index in [-0.39, 0.29) is 5.50 Å². The number of thioether (sulfide) groups is 1. The minimum Gasteiger partial charge on any atom is -0.314 e. The Morgan fingerprint density at radius 3 is 2.41 bits per heavy atom. The van der Waals surface area contributed by atoms with Crippen LogP contribution in [0.15, 0.2) is 52.1 Å². The maximum Gasteiger partial charge on any atom is 0.136 e. The topological polar surface area (TPSA) is 70.9 Å². The molecule has 2 aromatic rings. The predicted molar refractivity (Wildman–Crippen MR) is 116 cm³/mol. The van der Waals surface area contributed by atoms with Crippen LogP contribution in [0.5, 0.6) is 0 Å². The first-order chi connectivity index (χ1) is 12.9. The van der Waals surface area contributed by atoms with Crippen molar-refractivity contribution in [3.8, 4) is 0 Å². The van der Waals surface area contributed by atoms with Gasteiger partial charge in [-0.15, -0.1) is 0 Å². The van der Waals surface area contributed by atoms with Crippen LogP contribution in [0.25, 0.3) is 0 Å². The molecule has 4 N–H and O–H groups in total. The second kappa shape index (κ2) is 7.04. The number of hydrogen-bond acceptors (Lipinski definition) is 6. The summed E-state index contributed by atoms with van der Waals surface area (Å²) in [5, 5.41) is 1.81. The molecule has 0 saturated carbocycles. The van der Waals surface area contributed by atoms with Crippen LogP contribution in [0.1, 0.15) is 11.1 Å². The van der Waals surface area contributed by atoms with Crippen LogP contribution >= 0.6 is 35.0 Å². The molecule has 27 heavy (non-hydrogen) atoms. The molecular weight excluding hydrogens is 401 g/mol. The van der Waals surface area contributed by atoms with Gasteiger partial charge in [0.25, 0.3) is 0 Å². The molecular formula is C19H19Cl2N5S. The fourth-order valence-corrected chi connectivity index (χ4v) is 4.75. The Morgan fingerprint density at radius 1 is 1.04 bits per heavy atom. The second-order valence-electron chi connectivity index (χ2n) is 6.50. The van der Waals surface area contributed by atoms with Crippen LogP contribution in [0.3, 0.4) is 0 Å². The third kappa shape index (κ3) is 3.11. The van der Waals surface area contributed by atoms with Gasteiger partial charge in [0, 0.05) is 11.4 Å². The number of aliphatic imine (C=N–C) groups is 1. The highest BCUT2D eigenvalue weighted by Gasteiger charge is 2.40. The number of para-hydroxylation sites is 1. The second-order valence-corrected chi connectivity index (χ2v) is 8.42. The van der Waals surface area contributed by atoms with Gasteiger partial charge in [-0.3, -0.25) is 0 Å². The molecule has 4 rings (SSSR count). The molecule has 0 spiro atoms. The average Bonchev–Trinajstić information content (AvgIpc) is 2.95. The van der Waals surface area contributed by atoms with Gasteiger partial charge in [-0.2, -0.15) is 0 Å². The maximum absolute atomic E-state index is 6.66. The molecule has 0 aromatic heterocycles.